The number of imide groups is 1. The average molecular weight is 495 g/mol. The molecule has 0 bridgehead atoms. The number of nitrogens with zero attached hydrogens (tertiary/aromatic N) is 2. The van der Waals surface area contributed by atoms with Crippen molar-refractivity contribution in [3.8, 4) is 0 Å². The zero-order chi connectivity index (χ0) is 27.0. The molecule has 1 aliphatic heterocycles. The Labute approximate surface area is 205 Å². The number of urea groups is 1. The van der Waals surface area contributed by atoms with Gasteiger partial charge in [-0.2, -0.15) is 0 Å². The lowest BCUT2D eigenvalue weighted by molar-refractivity contribution is -0.161. The number of carbonyl (C=O) groups excluding carboxylic acids is 3. The van der Waals surface area contributed by atoms with Gasteiger partial charge in [0.1, 0.15) is 11.4 Å². The van der Waals surface area contributed by atoms with Crippen LogP contribution in [0, 0.1) is 5.41 Å². The molecular weight excluding hydrogens is 470 g/mol. The molecule has 0 saturated carbocycles. The number of Topliss-reactive ketones (excluding diaryl/α,β-unsaturated/α-hetero) is 1. The van der Waals surface area contributed by atoms with Gasteiger partial charge in [-0.15, -0.1) is 0 Å². The number of hydrogen-bond donors (Lipinski definition) is 5. The average Bonchev–Trinajstić information content (AvgIpc) is 3.01. The number of rotatable bonds is 9. The standard InChI is InChI=1S/C24H25N5O7/c1-13(30)24(27,21(34)35)17(19(31)32)29-20(33)23(2,16-10-8-15(9-11-16)18(25)26)28(22(29)36)12-14-6-4-3-5-7-14/h3-11,17H,12,27H2,1-2H3,(H3,25,26)(H,31,32)(H,34,35)/t17?,23?,24-/m0/s1. The molecule has 3 rings (SSSR count). The van der Waals surface area contributed by atoms with E-state index in [-0.39, 0.29) is 22.8 Å². The number of benzene rings is 2. The minimum absolute atomic E-state index is 0.149. The van der Waals surface area contributed by atoms with E-state index in [0.29, 0.717) is 11.1 Å². The van der Waals surface area contributed by atoms with Crippen LogP contribution in [0.2, 0.25) is 0 Å². The monoisotopic (exact) mass is 495 g/mol. The van der Waals surface area contributed by atoms with E-state index in [1.54, 1.807) is 30.3 Å². The maximum atomic E-state index is 13.9. The summed E-state index contributed by atoms with van der Waals surface area (Å²) in [5.41, 5.74) is 7.56. The fourth-order valence-corrected chi connectivity index (χ4v) is 4.20. The molecule has 0 aliphatic carbocycles. The van der Waals surface area contributed by atoms with Crippen molar-refractivity contribution < 1.29 is 34.2 Å². The highest BCUT2D eigenvalue weighted by molar-refractivity contribution is 6.16. The number of carbonyl (C=O) groups is 5. The van der Waals surface area contributed by atoms with Crippen molar-refractivity contribution in [2.75, 3.05) is 0 Å². The number of amidine groups is 1. The zero-order valence-corrected chi connectivity index (χ0v) is 19.5. The molecule has 1 heterocycles. The van der Waals surface area contributed by atoms with Crippen molar-refractivity contribution in [3.05, 3.63) is 71.3 Å². The lowest BCUT2D eigenvalue weighted by Crippen LogP contribution is -2.71. The summed E-state index contributed by atoms with van der Waals surface area (Å²) in [6, 6.07) is 10.7. The molecule has 0 radical (unpaired) electrons. The Balaban J connectivity index is 2.24. The van der Waals surface area contributed by atoms with Crippen LogP contribution in [0.25, 0.3) is 0 Å². The number of hydrogen-bond acceptors (Lipinski definition) is 7. The number of nitrogen functional groups attached to an aromatic ring is 1. The second kappa shape index (κ2) is 9.23. The van der Waals surface area contributed by atoms with Crippen molar-refractivity contribution in [2.24, 2.45) is 11.5 Å². The van der Waals surface area contributed by atoms with Crippen LogP contribution in [-0.4, -0.2) is 67.1 Å². The van der Waals surface area contributed by atoms with Gasteiger partial charge >= 0.3 is 18.0 Å². The second-order valence-electron chi connectivity index (χ2n) is 8.56. The van der Waals surface area contributed by atoms with Crippen LogP contribution in [0.3, 0.4) is 0 Å². The van der Waals surface area contributed by atoms with Crippen LogP contribution in [-0.2, 0) is 31.3 Å². The fraction of sp³-hybridized carbons (Fsp3) is 0.250. The second-order valence-corrected chi connectivity index (χ2v) is 8.56. The van der Waals surface area contributed by atoms with E-state index in [2.05, 4.69) is 0 Å². The Morgan fingerprint density at radius 1 is 1.06 bits per heavy atom. The Kier molecular flexibility index (Phi) is 6.67. The molecule has 3 atom stereocenters. The van der Waals surface area contributed by atoms with Crippen molar-refractivity contribution in [2.45, 2.75) is 37.5 Å². The summed E-state index contributed by atoms with van der Waals surface area (Å²) in [6.45, 7) is 2.00. The third-order valence-corrected chi connectivity index (χ3v) is 6.41. The van der Waals surface area contributed by atoms with Gasteiger partial charge in [0.25, 0.3) is 5.91 Å². The molecule has 1 saturated heterocycles. The van der Waals surface area contributed by atoms with E-state index in [0.717, 1.165) is 11.8 Å². The number of aliphatic carboxylic acids is 2. The number of carboxylic acids is 2. The Hall–Kier alpha value is -4.58. The van der Waals surface area contributed by atoms with E-state index in [4.69, 9.17) is 16.9 Å². The predicted octanol–water partition coefficient (Wildman–Crippen LogP) is 0.475. The summed E-state index contributed by atoms with van der Waals surface area (Å²) in [5, 5.41) is 27.2. The first-order chi connectivity index (χ1) is 16.8. The van der Waals surface area contributed by atoms with E-state index in [9.17, 15) is 34.2 Å². The van der Waals surface area contributed by atoms with Crippen molar-refractivity contribution >= 4 is 35.5 Å². The SMILES string of the molecule is CC(=O)[C@@](N)(C(=O)O)C(C(=O)O)N1C(=O)N(Cc2ccccc2)C(C)(c2ccc(C(=N)N)cc2)C1=O. The minimum atomic E-state index is -3.10. The number of nitrogens with one attached hydrogen (secondary N) is 1. The molecule has 188 valence electrons. The van der Waals surface area contributed by atoms with Crippen LogP contribution in [0.15, 0.2) is 54.6 Å². The Bertz CT molecular complexity index is 1250. The van der Waals surface area contributed by atoms with Gasteiger partial charge in [0.2, 0.25) is 5.54 Å². The van der Waals surface area contributed by atoms with Gasteiger partial charge < -0.3 is 26.6 Å². The molecular formula is C24H25N5O7. The van der Waals surface area contributed by atoms with E-state index < -0.39 is 46.8 Å². The normalized spacial score (nSPS) is 20.1. The van der Waals surface area contributed by atoms with Crippen LogP contribution in [0.1, 0.15) is 30.5 Å². The number of carboxylic acid groups (broad SMARTS) is 2. The molecule has 36 heavy (non-hydrogen) atoms. The van der Waals surface area contributed by atoms with E-state index in [1.807, 2.05) is 0 Å². The van der Waals surface area contributed by atoms with Gasteiger partial charge in [0.15, 0.2) is 11.8 Å². The molecule has 3 amide bonds. The highest BCUT2D eigenvalue weighted by atomic mass is 16.4. The van der Waals surface area contributed by atoms with Crippen LogP contribution >= 0.6 is 0 Å². The van der Waals surface area contributed by atoms with Gasteiger partial charge in [-0.3, -0.25) is 15.0 Å². The third-order valence-electron chi connectivity index (χ3n) is 6.41. The maximum absolute atomic E-state index is 13.9. The molecule has 0 aromatic heterocycles. The van der Waals surface area contributed by atoms with E-state index in [1.165, 1.54) is 31.2 Å². The fourth-order valence-electron chi connectivity index (χ4n) is 4.20. The molecule has 12 heteroatoms. The molecule has 0 spiro atoms. The smallest absolute Gasteiger partial charge is 0.334 e. The first kappa shape index (κ1) is 26.0. The minimum Gasteiger partial charge on any atom is -0.480 e. The first-order valence-corrected chi connectivity index (χ1v) is 10.7. The third kappa shape index (κ3) is 3.96. The molecule has 2 unspecified atom stereocenters. The van der Waals surface area contributed by atoms with Gasteiger partial charge in [0, 0.05) is 12.1 Å². The summed E-state index contributed by atoms with van der Waals surface area (Å²) in [6.07, 6.45) is 0. The highest BCUT2D eigenvalue weighted by Gasteiger charge is 2.64. The lowest BCUT2D eigenvalue weighted by Gasteiger charge is -2.33. The van der Waals surface area contributed by atoms with Gasteiger partial charge in [-0.05, 0) is 25.0 Å². The maximum Gasteiger partial charge on any atom is 0.334 e. The topological polar surface area (TPSA) is 208 Å². The van der Waals surface area contributed by atoms with E-state index >= 15 is 0 Å². The lowest BCUT2D eigenvalue weighted by atomic mass is 9.84. The molecule has 12 nitrogen and oxygen atoms in total. The first-order valence-electron chi connectivity index (χ1n) is 10.7. The number of ketones is 1. The van der Waals surface area contributed by atoms with Crippen LogP contribution in [0.5, 0.6) is 0 Å². The zero-order valence-electron chi connectivity index (χ0n) is 19.5. The Morgan fingerprint density at radius 2 is 1.61 bits per heavy atom. The summed E-state index contributed by atoms with van der Waals surface area (Å²) in [4.78, 5) is 65.4. The van der Waals surface area contributed by atoms with Crippen LogP contribution < -0.4 is 11.5 Å². The largest absolute Gasteiger partial charge is 0.480 e. The highest BCUT2D eigenvalue weighted by Crippen LogP contribution is 2.41. The van der Waals surface area contributed by atoms with Crippen molar-refractivity contribution in [1.82, 2.24) is 9.80 Å². The predicted molar refractivity (Wildman–Crippen MR) is 126 cm³/mol. The quantitative estimate of drug-likeness (QED) is 0.141. The number of amides is 3. The van der Waals surface area contributed by atoms with Crippen LogP contribution in [0.4, 0.5) is 4.79 Å². The summed E-state index contributed by atoms with van der Waals surface area (Å²) in [7, 11) is 0. The molecule has 2 aromatic carbocycles. The van der Waals surface area contributed by atoms with Gasteiger partial charge in [-0.25, -0.2) is 19.3 Å². The summed E-state index contributed by atoms with van der Waals surface area (Å²) in [5.74, 6) is -6.50. The Morgan fingerprint density at radius 3 is 2.06 bits per heavy atom. The van der Waals surface area contributed by atoms with Gasteiger partial charge in [-0.1, -0.05) is 54.6 Å². The van der Waals surface area contributed by atoms with Gasteiger partial charge in [0.05, 0.1) is 0 Å². The summed E-state index contributed by atoms with van der Waals surface area (Å²) >= 11 is 0. The molecule has 2 aromatic rings. The molecule has 1 aliphatic rings. The molecule has 7 N–H and O–H groups in total. The van der Waals surface area contributed by atoms with Crippen molar-refractivity contribution in [1.29, 1.82) is 5.41 Å². The summed E-state index contributed by atoms with van der Waals surface area (Å²) < 4.78 is 0. The number of nitrogens with two attached hydrogens (primary N) is 2. The molecule has 1 fully saturated rings. The van der Waals surface area contributed by atoms with Crippen molar-refractivity contribution in [3.63, 3.8) is 0 Å².